The molecule has 2 amide bonds. The van der Waals surface area contributed by atoms with Crippen LogP contribution in [0.4, 0.5) is 4.79 Å². The number of hydrogen-bond donors (Lipinski definition) is 3. The maximum atomic E-state index is 11.9. The number of nitrogens with one attached hydrogen (secondary N) is 3. The Hall–Kier alpha value is -1.75. The summed E-state index contributed by atoms with van der Waals surface area (Å²) in [5.74, 6) is 0.803. The fraction of sp³-hybridized carbons (Fsp3) is 0.533. The highest BCUT2D eigenvalue weighted by molar-refractivity contribution is 5.74. The molecule has 1 aromatic carbocycles. The summed E-state index contributed by atoms with van der Waals surface area (Å²) in [5.41, 5.74) is 1.03. The lowest BCUT2D eigenvalue weighted by molar-refractivity contribution is 0.236. The van der Waals surface area contributed by atoms with Crippen molar-refractivity contribution in [2.45, 2.75) is 31.8 Å². The maximum Gasteiger partial charge on any atom is 0.315 e. The maximum absolute atomic E-state index is 11.9. The Kier molecular flexibility index (Phi) is 5.68. The van der Waals surface area contributed by atoms with Gasteiger partial charge in [0.1, 0.15) is 5.75 Å². The minimum Gasteiger partial charge on any atom is -0.497 e. The van der Waals surface area contributed by atoms with Crippen LogP contribution in [0.1, 0.15) is 24.8 Å². The Bertz CT molecular complexity index is 429. The zero-order valence-electron chi connectivity index (χ0n) is 11.9. The molecular formula is C15H23N3O2. The number of amides is 2. The minimum absolute atomic E-state index is 0.110. The van der Waals surface area contributed by atoms with Crippen LogP contribution in [-0.2, 0) is 6.54 Å². The van der Waals surface area contributed by atoms with E-state index in [0.717, 1.165) is 37.2 Å². The summed E-state index contributed by atoms with van der Waals surface area (Å²) in [7, 11) is 1.64. The predicted molar refractivity (Wildman–Crippen MR) is 78.9 cm³/mol. The highest BCUT2D eigenvalue weighted by Gasteiger charge is 2.13. The van der Waals surface area contributed by atoms with Gasteiger partial charge in [0.15, 0.2) is 0 Å². The SMILES string of the molecule is COc1cccc(CNC(=O)NC2CCCCNC2)c1. The standard InChI is InChI=1S/C15H23N3O2/c1-20-14-7-4-5-12(9-14)10-17-15(19)18-13-6-2-3-8-16-11-13/h4-5,7,9,13,16H,2-3,6,8,10-11H2,1H3,(H2,17,18,19). The molecule has 3 N–H and O–H groups in total. The van der Waals surface area contributed by atoms with Crippen molar-refractivity contribution >= 4 is 6.03 Å². The summed E-state index contributed by atoms with van der Waals surface area (Å²) >= 11 is 0. The average Bonchev–Trinajstić information content (AvgIpc) is 2.74. The molecule has 5 nitrogen and oxygen atoms in total. The summed E-state index contributed by atoms with van der Waals surface area (Å²) in [4.78, 5) is 11.9. The number of rotatable bonds is 4. The number of carbonyl (C=O) groups is 1. The summed E-state index contributed by atoms with van der Waals surface area (Å²) in [6.07, 6.45) is 3.39. The van der Waals surface area contributed by atoms with Gasteiger partial charge in [-0.05, 0) is 37.1 Å². The third kappa shape index (κ3) is 4.74. The second-order valence-corrected chi connectivity index (χ2v) is 5.08. The van der Waals surface area contributed by atoms with Gasteiger partial charge in [-0.3, -0.25) is 0 Å². The summed E-state index contributed by atoms with van der Waals surface area (Å²) in [6.45, 7) is 2.40. The molecule has 1 aliphatic rings. The smallest absolute Gasteiger partial charge is 0.315 e. The molecular weight excluding hydrogens is 254 g/mol. The first-order valence-electron chi connectivity index (χ1n) is 7.16. The van der Waals surface area contributed by atoms with Gasteiger partial charge in [-0.15, -0.1) is 0 Å². The highest BCUT2D eigenvalue weighted by atomic mass is 16.5. The third-order valence-corrected chi connectivity index (χ3v) is 3.47. The van der Waals surface area contributed by atoms with Crippen LogP contribution < -0.4 is 20.7 Å². The number of hydrogen-bond acceptors (Lipinski definition) is 3. The fourth-order valence-corrected chi connectivity index (χ4v) is 2.34. The monoisotopic (exact) mass is 277 g/mol. The first-order valence-corrected chi connectivity index (χ1v) is 7.16. The van der Waals surface area contributed by atoms with E-state index < -0.39 is 0 Å². The largest absolute Gasteiger partial charge is 0.497 e. The van der Waals surface area contributed by atoms with Gasteiger partial charge in [0, 0.05) is 19.1 Å². The highest BCUT2D eigenvalue weighted by Crippen LogP contribution is 2.12. The van der Waals surface area contributed by atoms with Gasteiger partial charge in [0.05, 0.1) is 7.11 Å². The first kappa shape index (κ1) is 14.7. The fourth-order valence-electron chi connectivity index (χ4n) is 2.34. The average molecular weight is 277 g/mol. The molecule has 1 saturated heterocycles. The molecule has 0 bridgehead atoms. The normalized spacial score (nSPS) is 18.9. The zero-order chi connectivity index (χ0) is 14.2. The van der Waals surface area contributed by atoms with Crippen LogP contribution in [0.2, 0.25) is 0 Å². The number of urea groups is 1. The molecule has 1 heterocycles. The Morgan fingerprint density at radius 1 is 1.45 bits per heavy atom. The molecule has 1 aromatic rings. The summed E-state index contributed by atoms with van der Waals surface area (Å²) in [6, 6.07) is 7.82. The second-order valence-electron chi connectivity index (χ2n) is 5.08. The van der Waals surface area contributed by atoms with Gasteiger partial charge in [-0.25, -0.2) is 4.79 Å². The molecule has 1 unspecified atom stereocenters. The van der Waals surface area contributed by atoms with E-state index in [1.165, 1.54) is 6.42 Å². The number of carbonyl (C=O) groups excluding carboxylic acids is 1. The Balaban J connectivity index is 1.76. The van der Waals surface area contributed by atoms with E-state index >= 15 is 0 Å². The first-order chi connectivity index (χ1) is 9.78. The van der Waals surface area contributed by atoms with Crippen molar-refractivity contribution < 1.29 is 9.53 Å². The van der Waals surface area contributed by atoms with Gasteiger partial charge in [-0.1, -0.05) is 18.6 Å². The van der Waals surface area contributed by atoms with Crippen LogP contribution in [0.3, 0.4) is 0 Å². The lowest BCUT2D eigenvalue weighted by Crippen LogP contribution is -2.45. The van der Waals surface area contributed by atoms with Crippen molar-refractivity contribution in [3.05, 3.63) is 29.8 Å². The Labute approximate surface area is 120 Å². The van der Waals surface area contributed by atoms with Crippen LogP contribution in [0.25, 0.3) is 0 Å². The summed E-state index contributed by atoms with van der Waals surface area (Å²) in [5, 5.41) is 9.23. The zero-order valence-corrected chi connectivity index (χ0v) is 11.9. The lowest BCUT2D eigenvalue weighted by Gasteiger charge is -2.17. The van der Waals surface area contributed by atoms with Crippen molar-refractivity contribution in [3.8, 4) is 5.75 Å². The van der Waals surface area contributed by atoms with Gasteiger partial charge in [0.25, 0.3) is 0 Å². The quantitative estimate of drug-likeness (QED) is 0.784. The van der Waals surface area contributed by atoms with Crippen molar-refractivity contribution in [3.63, 3.8) is 0 Å². The Morgan fingerprint density at radius 3 is 3.20 bits per heavy atom. The van der Waals surface area contributed by atoms with Crippen LogP contribution in [0, 0.1) is 0 Å². The van der Waals surface area contributed by atoms with Gasteiger partial charge >= 0.3 is 6.03 Å². The Morgan fingerprint density at radius 2 is 2.35 bits per heavy atom. The van der Waals surface area contributed by atoms with Crippen molar-refractivity contribution in [1.82, 2.24) is 16.0 Å². The van der Waals surface area contributed by atoms with Crippen LogP contribution in [-0.4, -0.2) is 32.3 Å². The third-order valence-electron chi connectivity index (χ3n) is 3.47. The molecule has 1 atom stereocenters. The molecule has 0 radical (unpaired) electrons. The van der Waals surface area contributed by atoms with Crippen molar-refractivity contribution in [1.29, 1.82) is 0 Å². The predicted octanol–water partition coefficient (Wildman–Crippen LogP) is 1.64. The number of benzene rings is 1. The molecule has 1 fully saturated rings. The number of methoxy groups -OCH3 is 1. The van der Waals surface area contributed by atoms with Gasteiger partial charge < -0.3 is 20.7 Å². The molecule has 20 heavy (non-hydrogen) atoms. The van der Waals surface area contributed by atoms with Gasteiger partial charge in [0.2, 0.25) is 0 Å². The molecule has 5 heteroatoms. The van der Waals surface area contributed by atoms with E-state index in [4.69, 9.17) is 4.74 Å². The molecule has 110 valence electrons. The minimum atomic E-state index is -0.110. The number of ether oxygens (including phenoxy) is 1. The van der Waals surface area contributed by atoms with Crippen molar-refractivity contribution in [2.75, 3.05) is 20.2 Å². The molecule has 0 spiro atoms. The van der Waals surface area contributed by atoms with Crippen molar-refractivity contribution in [2.24, 2.45) is 0 Å². The molecule has 1 aliphatic heterocycles. The second kappa shape index (κ2) is 7.75. The molecule has 0 saturated carbocycles. The van der Waals surface area contributed by atoms with E-state index in [0.29, 0.717) is 6.54 Å². The van der Waals surface area contributed by atoms with E-state index in [-0.39, 0.29) is 12.1 Å². The van der Waals surface area contributed by atoms with E-state index in [9.17, 15) is 4.79 Å². The molecule has 2 rings (SSSR count). The van der Waals surface area contributed by atoms with E-state index in [1.807, 2.05) is 24.3 Å². The van der Waals surface area contributed by atoms with Gasteiger partial charge in [-0.2, -0.15) is 0 Å². The lowest BCUT2D eigenvalue weighted by atomic mass is 10.1. The van der Waals surface area contributed by atoms with Crippen LogP contribution in [0.5, 0.6) is 5.75 Å². The van der Waals surface area contributed by atoms with E-state index in [2.05, 4.69) is 16.0 Å². The van der Waals surface area contributed by atoms with E-state index in [1.54, 1.807) is 7.11 Å². The molecule has 0 aliphatic carbocycles. The molecule has 0 aromatic heterocycles. The topological polar surface area (TPSA) is 62.4 Å². The summed E-state index contributed by atoms with van der Waals surface area (Å²) < 4.78 is 5.16. The van der Waals surface area contributed by atoms with Crippen LogP contribution in [0.15, 0.2) is 24.3 Å². The van der Waals surface area contributed by atoms with Crippen LogP contribution >= 0.6 is 0 Å².